The first kappa shape index (κ1) is 26.2. The van der Waals surface area contributed by atoms with Crippen molar-refractivity contribution in [2.45, 2.75) is 83.6 Å². The van der Waals surface area contributed by atoms with Crippen molar-refractivity contribution in [3.8, 4) is 0 Å². The van der Waals surface area contributed by atoms with Crippen LogP contribution in [0.15, 0.2) is 24.3 Å². The Labute approximate surface area is 210 Å². The van der Waals surface area contributed by atoms with Crippen LogP contribution in [0, 0.1) is 14.9 Å². The summed E-state index contributed by atoms with van der Waals surface area (Å²) in [5.74, 6) is -0.223. The van der Waals surface area contributed by atoms with Gasteiger partial charge >= 0.3 is 6.03 Å². The third-order valence-corrected chi connectivity index (χ3v) is 8.36. The van der Waals surface area contributed by atoms with Gasteiger partial charge in [-0.2, -0.15) is 0 Å². The molecule has 0 bridgehead atoms. The third-order valence-electron chi connectivity index (χ3n) is 7.64. The van der Waals surface area contributed by atoms with Gasteiger partial charge in [-0.15, -0.1) is 0 Å². The summed E-state index contributed by atoms with van der Waals surface area (Å²) < 4.78 is 1.12. The van der Waals surface area contributed by atoms with E-state index < -0.39 is 22.7 Å². The molecular weight excluding hydrogens is 533 g/mol. The number of carbonyl (C=O) groups is 2. The Morgan fingerprint density at radius 2 is 1.85 bits per heavy atom. The highest BCUT2D eigenvalue weighted by molar-refractivity contribution is 14.1. The number of halogens is 1. The van der Waals surface area contributed by atoms with Crippen LogP contribution in [0.5, 0.6) is 0 Å². The summed E-state index contributed by atoms with van der Waals surface area (Å²) in [6.45, 7) is 10.0. The third kappa shape index (κ3) is 5.65. The molecule has 2 fully saturated rings. The largest absolute Gasteiger partial charge is 0.388 e. The lowest BCUT2D eigenvalue weighted by atomic mass is 9.66. The molecule has 4 atom stereocenters. The fourth-order valence-corrected chi connectivity index (χ4v) is 5.38. The molecule has 33 heavy (non-hydrogen) atoms. The molecule has 1 aromatic carbocycles. The monoisotopic (exact) mass is 571 g/mol. The molecule has 1 aliphatic heterocycles. The van der Waals surface area contributed by atoms with E-state index in [2.05, 4.69) is 33.2 Å². The predicted molar refractivity (Wildman–Crippen MR) is 137 cm³/mol. The molecule has 3 rings (SSSR count). The molecule has 7 nitrogen and oxygen atoms in total. The van der Waals surface area contributed by atoms with Gasteiger partial charge in [-0.1, -0.05) is 32.4 Å². The lowest BCUT2D eigenvalue weighted by molar-refractivity contribution is -0.156. The van der Waals surface area contributed by atoms with Crippen LogP contribution in [-0.2, 0) is 10.4 Å². The smallest absolute Gasteiger partial charge is 0.315 e. The highest BCUT2D eigenvalue weighted by atomic mass is 127. The molecule has 1 heterocycles. The van der Waals surface area contributed by atoms with E-state index in [1.54, 1.807) is 20.8 Å². The molecule has 0 radical (unpaired) electrons. The fourth-order valence-electron chi connectivity index (χ4n) is 5.02. The van der Waals surface area contributed by atoms with Crippen molar-refractivity contribution in [3.05, 3.63) is 33.4 Å². The molecule has 1 saturated carbocycles. The Bertz CT molecular complexity index is 867. The van der Waals surface area contributed by atoms with Crippen LogP contribution in [0.3, 0.4) is 0 Å². The zero-order valence-electron chi connectivity index (χ0n) is 20.3. The van der Waals surface area contributed by atoms with Crippen molar-refractivity contribution in [1.29, 1.82) is 0 Å². The number of aliphatic hydroxyl groups is 2. The Morgan fingerprint density at radius 1 is 1.21 bits per heavy atom. The number of nitrogens with one attached hydrogen (secondary N) is 2. The van der Waals surface area contributed by atoms with Gasteiger partial charge in [-0.05, 0) is 80.3 Å². The quantitative estimate of drug-likeness (QED) is 0.408. The minimum Gasteiger partial charge on any atom is -0.388 e. The molecule has 2 aliphatic rings. The van der Waals surface area contributed by atoms with Crippen molar-refractivity contribution < 1.29 is 19.8 Å². The van der Waals surface area contributed by atoms with Gasteiger partial charge in [0.2, 0.25) is 5.91 Å². The summed E-state index contributed by atoms with van der Waals surface area (Å²) in [6.07, 6.45) is 2.85. The van der Waals surface area contributed by atoms with Crippen LogP contribution in [-0.4, -0.2) is 57.8 Å². The number of nitrogens with zero attached hydrogens (tertiary/aromatic N) is 1. The summed E-state index contributed by atoms with van der Waals surface area (Å²) >= 11 is 2.25. The normalized spacial score (nSPS) is 28.3. The van der Waals surface area contributed by atoms with E-state index in [1.807, 2.05) is 43.0 Å². The maximum absolute atomic E-state index is 13.5. The second-order valence-electron chi connectivity index (χ2n) is 10.9. The second kappa shape index (κ2) is 9.70. The molecule has 3 amide bonds. The van der Waals surface area contributed by atoms with Gasteiger partial charge in [0.05, 0.1) is 23.2 Å². The molecular formula is C25H38IN3O4. The molecule has 0 spiro atoms. The minimum atomic E-state index is -1.03. The molecule has 0 unspecified atom stereocenters. The number of hydrogen-bond donors (Lipinski definition) is 4. The first-order valence-corrected chi connectivity index (χ1v) is 12.9. The number of piperidine rings is 1. The van der Waals surface area contributed by atoms with Crippen LogP contribution in [0.1, 0.15) is 65.9 Å². The van der Waals surface area contributed by atoms with Gasteiger partial charge < -0.3 is 25.7 Å². The SMILES string of the molecule is C[C@H](NC(=O)N[C@@H]1CCC[C@@H]1C(=O)N1CC[C@](O)(c2ccc(I)cc2)C(C)(C)C1)C(C)(C)O. The summed E-state index contributed by atoms with van der Waals surface area (Å²) in [5.41, 5.74) is -1.67. The van der Waals surface area contributed by atoms with E-state index in [4.69, 9.17) is 0 Å². The fraction of sp³-hybridized carbons (Fsp3) is 0.680. The maximum Gasteiger partial charge on any atom is 0.315 e. The first-order valence-electron chi connectivity index (χ1n) is 11.8. The minimum absolute atomic E-state index is 0.0473. The van der Waals surface area contributed by atoms with Crippen LogP contribution < -0.4 is 10.6 Å². The van der Waals surface area contributed by atoms with Crippen molar-refractivity contribution >= 4 is 34.5 Å². The average Bonchev–Trinajstić information content (AvgIpc) is 3.17. The van der Waals surface area contributed by atoms with Gasteiger partial charge in [0.25, 0.3) is 0 Å². The van der Waals surface area contributed by atoms with Crippen LogP contribution in [0.2, 0.25) is 0 Å². The van der Waals surface area contributed by atoms with Gasteiger partial charge in [0.1, 0.15) is 0 Å². The molecule has 1 aliphatic carbocycles. The summed E-state index contributed by atoms with van der Waals surface area (Å²) in [6, 6.07) is 6.94. The van der Waals surface area contributed by atoms with E-state index in [9.17, 15) is 19.8 Å². The zero-order valence-corrected chi connectivity index (χ0v) is 22.5. The predicted octanol–water partition coefficient (Wildman–Crippen LogP) is 3.36. The summed E-state index contributed by atoms with van der Waals surface area (Å²) in [7, 11) is 0. The van der Waals surface area contributed by atoms with E-state index >= 15 is 0 Å². The number of likely N-dealkylation sites (tertiary alicyclic amines) is 1. The lowest BCUT2D eigenvalue weighted by Gasteiger charge is -2.51. The Kier molecular flexibility index (Phi) is 7.70. The Morgan fingerprint density at radius 3 is 2.42 bits per heavy atom. The molecule has 0 aromatic heterocycles. The molecule has 4 N–H and O–H groups in total. The van der Waals surface area contributed by atoms with E-state index in [0.717, 1.165) is 28.4 Å². The number of amides is 3. The van der Waals surface area contributed by atoms with E-state index in [-0.39, 0.29) is 23.9 Å². The maximum atomic E-state index is 13.5. The van der Waals surface area contributed by atoms with Crippen LogP contribution >= 0.6 is 22.6 Å². The number of rotatable bonds is 5. The van der Waals surface area contributed by atoms with Gasteiger partial charge in [0.15, 0.2) is 0 Å². The second-order valence-corrected chi connectivity index (χ2v) is 12.1. The number of carbonyl (C=O) groups excluding carboxylic acids is 2. The standard InChI is InChI=1S/C25H38IN3O4/c1-16(24(4,5)32)27-22(31)28-20-8-6-7-19(20)21(30)29-14-13-25(33,23(2,3)15-29)17-9-11-18(26)12-10-17/h9-12,16,19-20,32-33H,6-8,13-15H2,1-5H3,(H2,27,28,31)/t16-,19-,20+,25-/m0/s1. The van der Waals surface area contributed by atoms with Gasteiger partial charge in [0, 0.05) is 28.1 Å². The molecule has 184 valence electrons. The highest BCUT2D eigenvalue weighted by Crippen LogP contribution is 2.46. The Hall–Kier alpha value is -1.39. The van der Waals surface area contributed by atoms with Crippen molar-refractivity contribution in [1.82, 2.24) is 15.5 Å². The van der Waals surface area contributed by atoms with E-state index in [1.165, 1.54) is 0 Å². The molecule has 8 heteroatoms. The topological polar surface area (TPSA) is 102 Å². The summed E-state index contributed by atoms with van der Waals surface area (Å²) in [4.78, 5) is 27.8. The van der Waals surface area contributed by atoms with Crippen molar-refractivity contribution in [2.24, 2.45) is 11.3 Å². The van der Waals surface area contributed by atoms with Gasteiger partial charge in [-0.3, -0.25) is 4.79 Å². The summed E-state index contributed by atoms with van der Waals surface area (Å²) in [5, 5.41) is 27.4. The van der Waals surface area contributed by atoms with Crippen LogP contribution in [0.25, 0.3) is 0 Å². The first-order chi connectivity index (χ1) is 15.2. The Balaban J connectivity index is 1.66. The number of benzene rings is 1. The van der Waals surface area contributed by atoms with Gasteiger partial charge in [-0.25, -0.2) is 4.79 Å². The van der Waals surface area contributed by atoms with E-state index in [0.29, 0.717) is 19.5 Å². The van der Waals surface area contributed by atoms with Crippen molar-refractivity contribution in [3.63, 3.8) is 0 Å². The number of urea groups is 1. The number of hydrogen-bond acceptors (Lipinski definition) is 4. The average molecular weight is 572 g/mol. The van der Waals surface area contributed by atoms with Crippen LogP contribution in [0.4, 0.5) is 4.79 Å². The van der Waals surface area contributed by atoms with Crippen molar-refractivity contribution in [2.75, 3.05) is 13.1 Å². The zero-order chi connectivity index (χ0) is 24.6. The molecule has 1 saturated heterocycles. The molecule has 1 aromatic rings. The lowest BCUT2D eigenvalue weighted by Crippen LogP contribution is -2.59. The highest BCUT2D eigenvalue weighted by Gasteiger charge is 2.50.